The van der Waals surface area contributed by atoms with E-state index < -0.39 is 23.9 Å². The van der Waals surface area contributed by atoms with Crippen LogP contribution in [0.5, 0.6) is 0 Å². The van der Waals surface area contributed by atoms with Gasteiger partial charge in [0.2, 0.25) is 11.8 Å². The topological polar surface area (TPSA) is 122 Å². The first-order chi connectivity index (χ1) is 17.3. The van der Waals surface area contributed by atoms with Crippen molar-refractivity contribution in [2.24, 2.45) is 5.92 Å². The molecule has 4 aliphatic rings. The number of amides is 4. The number of anilines is 1. The molecule has 1 saturated carbocycles. The minimum Gasteiger partial charge on any atom is -0.465 e. The lowest BCUT2D eigenvalue weighted by atomic mass is 9.85. The molecule has 0 spiro atoms. The highest BCUT2D eigenvalue weighted by Crippen LogP contribution is 2.33. The first-order valence-corrected chi connectivity index (χ1v) is 12.7. The Morgan fingerprint density at radius 2 is 1.78 bits per heavy atom. The lowest BCUT2D eigenvalue weighted by Gasteiger charge is -2.39. The molecule has 36 heavy (non-hydrogen) atoms. The van der Waals surface area contributed by atoms with Crippen LogP contribution in [0.1, 0.15) is 54.4 Å². The van der Waals surface area contributed by atoms with Gasteiger partial charge in [-0.2, -0.15) is 0 Å². The predicted octanol–water partition coefficient (Wildman–Crippen LogP) is 1.54. The second-order valence-corrected chi connectivity index (χ2v) is 10.3. The number of carbonyl (C=O) groups excluding carboxylic acids is 3. The number of rotatable bonds is 5. The van der Waals surface area contributed by atoms with Crippen molar-refractivity contribution < 1.29 is 28.7 Å². The number of nitrogens with zero attached hydrogens (tertiary/aromatic N) is 3. The van der Waals surface area contributed by atoms with Crippen molar-refractivity contribution in [1.82, 2.24) is 20.4 Å². The smallest absolute Gasteiger partial charge is 0.404 e. The molecule has 5 rings (SSSR count). The number of carbonyl (C=O) groups is 4. The first kappa shape index (κ1) is 24.5. The summed E-state index contributed by atoms with van der Waals surface area (Å²) in [6.07, 6.45) is 3.24. The third-order valence-electron chi connectivity index (χ3n) is 7.99. The van der Waals surface area contributed by atoms with Gasteiger partial charge < -0.3 is 20.2 Å². The Morgan fingerprint density at radius 3 is 2.44 bits per heavy atom. The molecule has 1 unspecified atom stereocenters. The van der Waals surface area contributed by atoms with E-state index in [1.54, 1.807) is 6.07 Å². The number of halogens is 1. The summed E-state index contributed by atoms with van der Waals surface area (Å²) in [5.74, 6) is -1.08. The number of benzene rings is 1. The normalized spacial score (nSPS) is 27.1. The van der Waals surface area contributed by atoms with Gasteiger partial charge in [0.1, 0.15) is 11.9 Å². The maximum atomic E-state index is 15.1. The molecule has 4 amide bonds. The molecule has 1 aliphatic carbocycles. The maximum Gasteiger partial charge on any atom is 0.404 e. The minimum absolute atomic E-state index is 0.0520. The van der Waals surface area contributed by atoms with Crippen molar-refractivity contribution >= 4 is 29.5 Å². The van der Waals surface area contributed by atoms with Crippen molar-refractivity contribution in [3.05, 3.63) is 29.1 Å². The predicted molar refractivity (Wildman–Crippen MR) is 128 cm³/mol. The summed E-state index contributed by atoms with van der Waals surface area (Å²) < 4.78 is 15.1. The Bertz CT molecular complexity index is 1070. The van der Waals surface area contributed by atoms with E-state index in [9.17, 15) is 19.2 Å². The average Bonchev–Trinajstić information content (AvgIpc) is 3.15. The maximum absolute atomic E-state index is 15.1. The molecule has 10 nitrogen and oxygen atoms in total. The molecular weight excluding hydrogens is 469 g/mol. The lowest BCUT2D eigenvalue weighted by molar-refractivity contribution is -0.136. The van der Waals surface area contributed by atoms with E-state index in [2.05, 4.69) is 15.5 Å². The molecule has 0 bridgehead atoms. The van der Waals surface area contributed by atoms with Gasteiger partial charge in [0.15, 0.2) is 0 Å². The van der Waals surface area contributed by atoms with E-state index in [1.807, 2.05) is 4.90 Å². The van der Waals surface area contributed by atoms with Gasteiger partial charge in [0, 0.05) is 57.3 Å². The van der Waals surface area contributed by atoms with Crippen LogP contribution in [0.4, 0.5) is 14.9 Å². The Balaban J connectivity index is 1.17. The fraction of sp³-hybridized carbons (Fsp3) is 0.600. The van der Waals surface area contributed by atoms with Crippen LogP contribution in [0, 0.1) is 11.7 Å². The van der Waals surface area contributed by atoms with Crippen molar-refractivity contribution in [2.75, 3.05) is 37.6 Å². The summed E-state index contributed by atoms with van der Waals surface area (Å²) in [7, 11) is 0. The van der Waals surface area contributed by atoms with Crippen molar-refractivity contribution in [3.63, 3.8) is 0 Å². The third kappa shape index (κ3) is 5.02. The van der Waals surface area contributed by atoms with Gasteiger partial charge in [-0.15, -0.1) is 0 Å². The SMILES string of the molecule is O=C(O)NC1CCC(CN2CCN(c3cc4c(cc3F)C(=O)N(C3CCC(=O)NC3=O)C4)CC2)CC1. The van der Waals surface area contributed by atoms with Gasteiger partial charge >= 0.3 is 6.09 Å². The van der Waals surface area contributed by atoms with Crippen LogP contribution in [0.25, 0.3) is 0 Å². The summed E-state index contributed by atoms with van der Waals surface area (Å²) in [6, 6.07) is 2.36. The number of nitrogens with one attached hydrogen (secondary N) is 2. The molecule has 1 atom stereocenters. The van der Waals surface area contributed by atoms with Gasteiger partial charge in [0.05, 0.1) is 5.69 Å². The zero-order chi connectivity index (χ0) is 25.4. The number of fused-ring (bicyclic) bond motifs is 1. The van der Waals surface area contributed by atoms with E-state index in [1.165, 1.54) is 11.0 Å². The standard InChI is InChI=1S/C25H32FN5O5/c26-19-12-18-16(14-31(24(18)34)20-5-6-22(32)28-23(20)33)11-21(19)30-9-7-29(8-10-30)13-15-1-3-17(4-2-15)27-25(35)36/h11-12,15,17,20,27H,1-10,13-14H2,(H,35,36)(H,28,32,33). The summed E-state index contributed by atoms with van der Waals surface area (Å²) in [5.41, 5.74) is 1.47. The van der Waals surface area contributed by atoms with Crippen molar-refractivity contribution in [1.29, 1.82) is 0 Å². The Labute approximate surface area is 208 Å². The van der Waals surface area contributed by atoms with Crippen LogP contribution in [-0.2, 0) is 16.1 Å². The Hall–Kier alpha value is -3.21. The van der Waals surface area contributed by atoms with Crippen LogP contribution < -0.4 is 15.5 Å². The van der Waals surface area contributed by atoms with E-state index in [0.29, 0.717) is 30.3 Å². The Kier molecular flexibility index (Phi) is 6.83. The van der Waals surface area contributed by atoms with Crippen LogP contribution >= 0.6 is 0 Å². The number of imide groups is 1. The highest BCUT2D eigenvalue weighted by Gasteiger charge is 2.40. The molecule has 2 saturated heterocycles. The van der Waals surface area contributed by atoms with Crippen molar-refractivity contribution in [2.45, 2.75) is 57.2 Å². The van der Waals surface area contributed by atoms with Gasteiger partial charge in [0.25, 0.3) is 5.91 Å². The fourth-order valence-corrected chi connectivity index (χ4v) is 6.02. The first-order valence-electron chi connectivity index (χ1n) is 12.7. The molecule has 194 valence electrons. The molecule has 3 N–H and O–H groups in total. The molecule has 11 heteroatoms. The van der Waals surface area contributed by atoms with Crippen LogP contribution in [0.15, 0.2) is 12.1 Å². The number of piperidine rings is 1. The summed E-state index contributed by atoms with van der Waals surface area (Å²) in [6.45, 7) is 4.17. The summed E-state index contributed by atoms with van der Waals surface area (Å²) in [5, 5.41) is 13.8. The molecule has 1 aromatic carbocycles. The van der Waals surface area contributed by atoms with E-state index in [4.69, 9.17) is 5.11 Å². The molecule has 0 radical (unpaired) electrons. The monoisotopic (exact) mass is 501 g/mol. The number of hydrogen-bond acceptors (Lipinski definition) is 6. The molecule has 3 aliphatic heterocycles. The molecule has 3 heterocycles. The second kappa shape index (κ2) is 10.0. The highest BCUT2D eigenvalue weighted by molar-refractivity contribution is 6.05. The number of hydrogen-bond donors (Lipinski definition) is 3. The van der Waals surface area contributed by atoms with Crippen LogP contribution in [0.3, 0.4) is 0 Å². The fourth-order valence-electron chi connectivity index (χ4n) is 6.02. The van der Waals surface area contributed by atoms with Gasteiger partial charge in [-0.25, -0.2) is 9.18 Å². The minimum atomic E-state index is -0.957. The van der Waals surface area contributed by atoms with Gasteiger partial charge in [-0.05, 0) is 55.7 Å². The van der Waals surface area contributed by atoms with E-state index in [-0.39, 0.29) is 42.8 Å². The number of piperazine rings is 1. The van der Waals surface area contributed by atoms with Crippen molar-refractivity contribution in [3.8, 4) is 0 Å². The van der Waals surface area contributed by atoms with E-state index >= 15 is 4.39 Å². The Morgan fingerprint density at radius 1 is 1.06 bits per heavy atom. The summed E-state index contributed by atoms with van der Waals surface area (Å²) in [4.78, 5) is 53.3. The van der Waals surface area contributed by atoms with Crippen LogP contribution in [-0.4, -0.2) is 83.5 Å². The quantitative estimate of drug-likeness (QED) is 0.523. The zero-order valence-electron chi connectivity index (χ0n) is 20.2. The summed E-state index contributed by atoms with van der Waals surface area (Å²) >= 11 is 0. The molecule has 0 aromatic heterocycles. The van der Waals surface area contributed by atoms with Gasteiger partial charge in [-0.3, -0.25) is 24.6 Å². The molecule has 1 aromatic rings. The van der Waals surface area contributed by atoms with Crippen LogP contribution in [0.2, 0.25) is 0 Å². The molecule has 3 fully saturated rings. The largest absolute Gasteiger partial charge is 0.465 e. The third-order valence-corrected chi connectivity index (χ3v) is 7.99. The second-order valence-electron chi connectivity index (χ2n) is 10.3. The highest BCUT2D eigenvalue weighted by atomic mass is 19.1. The number of carboxylic acid groups (broad SMARTS) is 1. The lowest BCUT2D eigenvalue weighted by Crippen LogP contribution is -2.52. The molecular formula is C25H32FN5O5. The van der Waals surface area contributed by atoms with Gasteiger partial charge in [-0.1, -0.05) is 0 Å². The van der Waals surface area contributed by atoms with E-state index in [0.717, 1.165) is 45.3 Å². The zero-order valence-corrected chi connectivity index (χ0v) is 20.2. The average molecular weight is 502 g/mol.